The molecule has 0 atom stereocenters. The molecule has 0 amide bonds. The van der Waals surface area contributed by atoms with Gasteiger partial charge in [-0.25, -0.2) is 9.07 Å². The molecule has 0 unspecified atom stereocenters. The summed E-state index contributed by atoms with van der Waals surface area (Å²) in [6, 6.07) is 18.3. The number of aromatic nitrogens is 2. The fourth-order valence-electron chi connectivity index (χ4n) is 3.05. The summed E-state index contributed by atoms with van der Waals surface area (Å²) in [5, 5.41) is 20.3. The van der Waals surface area contributed by atoms with Crippen molar-refractivity contribution in [2.45, 2.75) is 19.4 Å². The van der Waals surface area contributed by atoms with Gasteiger partial charge in [0.15, 0.2) is 5.96 Å². The van der Waals surface area contributed by atoms with Gasteiger partial charge in [-0.05, 0) is 31.0 Å². The maximum atomic E-state index is 13.7. The molecular weight excluding hydrogens is 508 g/mol. The highest BCUT2D eigenvalue weighted by Gasteiger charge is 2.16. The van der Waals surface area contributed by atoms with E-state index in [-0.39, 0.29) is 29.8 Å². The Morgan fingerprint density at radius 1 is 1.16 bits per heavy atom. The molecule has 0 radical (unpaired) electrons. The summed E-state index contributed by atoms with van der Waals surface area (Å²) in [5.74, 6) is 0.665. The van der Waals surface area contributed by atoms with Crippen LogP contribution in [-0.2, 0) is 13.0 Å². The zero-order valence-electron chi connectivity index (χ0n) is 17.2. The molecule has 162 valence electrons. The zero-order chi connectivity index (χ0) is 21.3. The molecule has 0 aliphatic rings. The Hall–Kier alpha value is -3.13. The number of aliphatic imine (C=N–C) groups is 1. The zero-order valence-corrected chi connectivity index (χ0v) is 19.5. The summed E-state index contributed by atoms with van der Waals surface area (Å²) in [7, 11) is 1.66. The lowest BCUT2D eigenvalue weighted by molar-refractivity contribution is 0.604. The van der Waals surface area contributed by atoms with E-state index in [2.05, 4.69) is 26.8 Å². The third-order valence-corrected chi connectivity index (χ3v) is 4.62. The summed E-state index contributed by atoms with van der Waals surface area (Å²) in [5.41, 5.74) is 8.58. The van der Waals surface area contributed by atoms with Crippen molar-refractivity contribution >= 4 is 35.8 Å². The summed E-state index contributed by atoms with van der Waals surface area (Å²) >= 11 is 0. The molecular formula is C22H25FIN7. The van der Waals surface area contributed by atoms with Crippen LogP contribution in [0.2, 0.25) is 0 Å². The number of halogens is 2. The van der Waals surface area contributed by atoms with Gasteiger partial charge >= 0.3 is 0 Å². The number of hydrogen-bond acceptors (Lipinski definition) is 4. The monoisotopic (exact) mass is 533 g/mol. The predicted octanol–water partition coefficient (Wildman–Crippen LogP) is 3.38. The topological polar surface area (TPSA) is 104 Å². The smallest absolute Gasteiger partial charge is 0.191 e. The van der Waals surface area contributed by atoms with Crippen LogP contribution in [0.25, 0.3) is 5.69 Å². The molecule has 0 spiro atoms. The van der Waals surface area contributed by atoms with Crippen molar-refractivity contribution in [2.75, 3.05) is 19.3 Å². The maximum Gasteiger partial charge on any atom is 0.191 e. The number of para-hydroxylation sites is 1. The third kappa shape index (κ3) is 6.18. The van der Waals surface area contributed by atoms with Crippen LogP contribution in [0.4, 0.5) is 10.2 Å². The number of aryl methyl sites for hydroxylation is 1. The Morgan fingerprint density at radius 3 is 2.55 bits per heavy atom. The predicted molar refractivity (Wildman–Crippen MR) is 131 cm³/mol. The van der Waals surface area contributed by atoms with E-state index >= 15 is 0 Å². The number of rotatable bonds is 7. The van der Waals surface area contributed by atoms with Crippen LogP contribution in [0.5, 0.6) is 0 Å². The van der Waals surface area contributed by atoms with Crippen LogP contribution in [0, 0.1) is 17.1 Å². The van der Waals surface area contributed by atoms with E-state index in [9.17, 15) is 9.65 Å². The first kappa shape index (κ1) is 24.1. The van der Waals surface area contributed by atoms with Crippen LogP contribution in [0.3, 0.4) is 0 Å². The van der Waals surface area contributed by atoms with Crippen molar-refractivity contribution in [3.05, 3.63) is 77.2 Å². The first-order valence-electron chi connectivity index (χ1n) is 9.65. The van der Waals surface area contributed by atoms with Crippen molar-refractivity contribution in [1.29, 1.82) is 5.26 Å². The highest BCUT2D eigenvalue weighted by molar-refractivity contribution is 14.0. The highest BCUT2D eigenvalue weighted by Crippen LogP contribution is 2.21. The van der Waals surface area contributed by atoms with E-state index in [0.717, 1.165) is 12.1 Å². The van der Waals surface area contributed by atoms with Crippen LogP contribution in [0.15, 0.2) is 59.6 Å². The maximum absolute atomic E-state index is 13.7. The molecule has 7 nitrogen and oxygen atoms in total. The van der Waals surface area contributed by atoms with Crippen LogP contribution in [0.1, 0.15) is 23.2 Å². The summed E-state index contributed by atoms with van der Waals surface area (Å²) in [6.07, 6.45) is 1.31. The van der Waals surface area contributed by atoms with Gasteiger partial charge in [-0.3, -0.25) is 4.99 Å². The second-order valence-electron chi connectivity index (χ2n) is 6.61. The van der Waals surface area contributed by atoms with Gasteiger partial charge in [0.05, 0.1) is 11.4 Å². The van der Waals surface area contributed by atoms with Crippen LogP contribution < -0.4 is 16.4 Å². The third-order valence-electron chi connectivity index (χ3n) is 4.62. The normalized spacial score (nSPS) is 10.8. The lowest BCUT2D eigenvalue weighted by Crippen LogP contribution is -2.37. The SMILES string of the molecule is CN=C(NCCCc1nn(-c2ccccc2)c(N)c1C#N)NCc1ccccc1F.I. The van der Waals surface area contributed by atoms with Crippen LogP contribution in [-0.4, -0.2) is 29.3 Å². The Morgan fingerprint density at radius 2 is 1.87 bits per heavy atom. The van der Waals surface area contributed by atoms with Gasteiger partial charge in [-0.15, -0.1) is 24.0 Å². The molecule has 1 heterocycles. The number of hydrogen-bond donors (Lipinski definition) is 3. The quantitative estimate of drug-likeness (QED) is 0.187. The Kier molecular flexibility index (Phi) is 9.27. The van der Waals surface area contributed by atoms with Crippen molar-refractivity contribution in [3.8, 4) is 11.8 Å². The number of anilines is 1. The van der Waals surface area contributed by atoms with Crippen LogP contribution >= 0.6 is 24.0 Å². The van der Waals surface area contributed by atoms with Crippen molar-refractivity contribution < 1.29 is 4.39 Å². The number of benzene rings is 2. The lowest BCUT2D eigenvalue weighted by atomic mass is 10.1. The van der Waals surface area contributed by atoms with Crippen molar-refractivity contribution in [1.82, 2.24) is 20.4 Å². The molecule has 0 aliphatic heterocycles. The van der Waals surface area contributed by atoms with Gasteiger partial charge < -0.3 is 16.4 Å². The molecule has 0 saturated heterocycles. The minimum absolute atomic E-state index is 0. The van der Waals surface area contributed by atoms with E-state index in [1.165, 1.54) is 6.07 Å². The second kappa shape index (κ2) is 11.9. The largest absolute Gasteiger partial charge is 0.382 e. The number of nitrogens with two attached hydrogens (primary N) is 1. The first-order chi connectivity index (χ1) is 14.6. The van der Waals surface area contributed by atoms with Crippen molar-refractivity contribution in [3.63, 3.8) is 0 Å². The standard InChI is InChI=1S/C22H24FN7.HI/c1-26-22(28-15-16-8-5-6-11-19(16)23)27-13-7-12-20-18(14-24)21(25)30(29-20)17-9-3-2-4-10-17;/h2-6,8-11H,7,12-13,15,25H2,1H3,(H2,26,27,28);1H. The average Bonchev–Trinajstić information content (AvgIpc) is 3.10. The van der Waals surface area contributed by atoms with E-state index < -0.39 is 0 Å². The minimum atomic E-state index is -0.254. The Bertz CT molecular complexity index is 1060. The van der Waals surface area contributed by atoms with Gasteiger partial charge in [-0.2, -0.15) is 10.4 Å². The molecule has 0 bridgehead atoms. The molecule has 3 aromatic rings. The number of nitrogen functional groups attached to an aromatic ring is 1. The molecule has 3 rings (SSSR count). The summed E-state index contributed by atoms with van der Waals surface area (Å²) < 4.78 is 15.3. The van der Waals surface area contributed by atoms with E-state index in [0.29, 0.717) is 48.1 Å². The Labute approximate surface area is 198 Å². The molecule has 1 aromatic heterocycles. The number of nitriles is 1. The van der Waals surface area contributed by atoms with E-state index in [1.54, 1.807) is 29.9 Å². The van der Waals surface area contributed by atoms with Gasteiger partial charge in [0, 0.05) is 25.7 Å². The molecule has 9 heteroatoms. The Balaban J connectivity index is 0.00000341. The number of nitrogens with zero attached hydrogens (tertiary/aromatic N) is 4. The second-order valence-corrected chi connectivity index (χ2v) is 6.61. The van der Waals surface area contributed by atoms with E-state index in [1.807, 2.05) is 30.3 Å². The van der Waals surface area contributed by atoms with E-state index in [4.69, 9.17) is 5.73 Å². The van der Waals surface area contributed by atoms with Gasteiger partial charge in [0.25, 0.3) is 0 Å². The van der Waals surface area contributed by atoms with Gasteiger partial charge in [-0.1, -0.05) is 36.4 Å². The molecule has 0 aliphatic carbocycles. The summed E-state index contributed by atoms with van der Waals surface area (Å²) in [6.45, 7) is 0.947. The molecule has 0 saturated carbocycles. The van der Waals surface area contributed by atoms with Crippen molar-refractivity contribution in [2.24, 2.45) is 4.99 Å². The fraction of sp³-hybridized carbons (Fsp3) is 0.227. The minimum Gasteiger partial charge on any atom is -0.382 e. The number of guanidine groups is 1. The average molecular weight is 533 g/mol. The molecule has 31 heavy (non-hydrogen) atoms. The molecule has 0 fully saturated rings. The summed E-state index contributed by atoms with van der Waals surface area (Å²) in [4.78, 5) is 4.15. The fourth-order valence-corrected chi connectivity index (χ4v) is 3.05. The molecule has 2 aromatic carbocycles. The highest BCUT2D eigenvalue weighted by atomic mass is 127. The first-order valence-corrected chi connectivity index (χ1v) is 9.65. The number of nitrogens with one attached hydrogen (secondary N) is 2. The van der Waals surface area contributed by atoms with Gasteiger partial charge in [0.2, 0.25) is 0 Å². The van der Waals surface area contributed by atoms with Gasteiger partial charge in [0.1, 0.15) is 23.3 Å². The lowest BCUT2D eigenvalue weighted by Gasteiger charge is -2.12. The molecule has 4 N–H and O–H groups in total.